The van der Waals surface area contributed by atoms with E-state index >= 15 is 4.79 Å². The van der Waals surface area contributed by atoms with Gasteiger partial charge in [-0.15, -0.1) is 0 Å². The predicted octanol–water partition coefficient (Wildman–Crippen LogP) is -4.08. The van der Waals surface area contributed by atoms with Crippen LogP contribution in [0.5, 0.6) is 0 Å². The molecule has 30 heteroatoms. The van der Waals surface area contributed by atoms with Crippen LogP contribution in [0.2, 0.25) is 0 Å². The molecule has 30 nitrogen and oxygen atoms in total. The molecule has 0 spiro atoms. The van der Waals surface area contributed by atoms with Crippen LogP contribution in [0.1, 0.15) is 120 Å². The van der Waals surface area contributed by atoms with Gasteiger partial charge in [0, 0.05) is 0 Å². The maximum Gasteiger partial charge on any atom is 0.315 e. The van der Waals surface area contributed by atoms with Crippen LogP contribution in [-0.4, -0.2) is 304 Å². The number of carbonyl (C=O) groups is 1. The van der Waals surface area contributed by atoms with Crippen molar-refractivity contribution in [1.82, 2.24) is 0 Å². The van der Waals surface area contributed by atoms with Gasteiger partial charge in [-0.25, -0.2) is 0 Å². The lowest BCUT2D eigenvalue weighted by Crippen LogP contribution is -2.67. The highest BCUT2D eigenvalue weighted by Gasteiger charge is 2.71. The molecule has 5 aliphatic carbocycles. The number of ether oxygens (including phenoxy) is 12. The number of aliphatic hydroxyl groups is 17. The summed E-state index contributed by atoms with van der Waals surface area (Å²) in [5.74, 6) is -0.545. The Morgan fingerprint density at radius 2 is 1.03 bits per heavy atom. The average molecular weight is 1350 g/mol. The van der Waals surface area contributed by atoms with E-state index in [-0.39, 0.29) is 46.0 Å². The first-order valence-electron chi connectivity index (χ1n) is 33.5. The van der Waals surface area contributed by atoms with Crippen molar-refractivity contribution in [2.24, 2.45) is 50.2 Å². The van der Waals surface area contributed by atoms with E-state index in [1.165, 1.54) is 5.57 Å². The maximum absolute atomic E-state index is 15.2. The molecule has 0 radical (unpaired) electrons. The molecule has 94 heavy (non-hydrogen) atoms. The third kappa shape index (κ3) is 12.5. The van der Waals surface area contributed by atoms with E-state index in [1.54, 1.807) is 6.92 Å². The van der Waals surface area contributed by atoms with Crippen molar-refractivity contribution in [3.63, 3.8) is 0 Å². The first kappa shape index (κ1) is 73.3. The quantitative estimate of drug-likeness (QED) is 0.0421. The van der Waals surface area contributed by atoms with Crippen molar-refractivity contribution in [3.8, 4) is 0 Å². The zero-order chi connectivity index (χ0) is 68.4. The van der Waals surface area contributed by atoms with Crippen LogP contribution in [-0.2, 0) is 61.6 Å². The van der Waals surface area contributed by atoms with Crippen molar-refractivity contribution in [2.45, 2.75) is 298 Å². The predicted molar refractivity (Wildman–Crippen MR) is 315 cm³/mol. The average Bonchev–Trinajstić information content (AvgIpc) is 0.676. The second-order valence-electron chi connectivity index (χ2n) is 31.0. The number of fused-ring (bicyclic) bond motifs is 7. The van der Waals surface area contributed by atoms with Gasteiger partial charge >= 0.3 is 5.97 Å². The van der Waals surface area contributed by atoms with E-state index in [1.807, 2.05) is 0 Å². The molecule has 0 aromatic heterocycles. The first-order valence-corrected chi connectivity index (χ1v) is 33.5. The summed E-state index contributed by atoms with van der Waals surface area (Å²) in [5, 5.41) is 184. The fourth-order valence-corrected chi connectivity index (χ4v) is 18.9. The van der Waals surface area contributed by atoms with Gasteiger partial charge in [0.05, 0.1) is 50.7 Å². The Bertz CT molecular complexity index is 2640. The molecule has 0 bridgehead atoms. The van der Waals surface area contributed by atoms with Gasteiger partial charge in [-0.3, -0.25) is 4.79 Å². The van der Waals surface area contributed by atoms with Crippen LogP contribution < -0.4 is 0 Å². The fraction of sp³-hybridized carbons (Fsp3) is 0.953. The molecule has 36 unspecified atom stereocenters. The van der Waals surface area contributed by atoms with Gasteiger partial charge in [-0.1, -0.05) is 60.1 Å². The third-order valence-electron chi connectivity index (χ3n) is 24.8. The molecule has 6 aliphatic heterocycles. The molecule has 540 valence electrons. The van der Waals surface area contributed by atoms with Crippen LogP contribution in [0.3, 0.4) is 0 Å². The molecule has 11 aliphatic rings. The highest BCUT2D eigenvalue weighted by atomic mass is 16.8. The van der Waals surface area contributed by atoms with Gasteiger partial charge in [0.2, 0.25) is 6.29 Å². The Labute approximate surface area is 545 Å². The normalized spacial score (nSPS) is 54.2. The van der Waals surface area contributed by atoms with Crippen molar-refractivity contribution >= 4 is 5.97 Å². The molecule has 6 heterocycles. The molecule has 10 fully saturated rings. The maximum atomic E-state index is 15.2. The zero-order valence-electron chi connectivity index (χ0n) is 54.6. The smallest absolute Gasteiger partial charge is 0.315 e. The Morgan fingerprint density at radius 1 is 0.489 bits per heavy atom. The lowest BCUT2D eigenvalue weighted by molar-refractivity contribution is -0.382. The number of esters is 1. The summed E-state index contributed by atoms with van der Waals surface area (Å²) in [7, 11) is 0. The number of aliphatic hydroxyl groups excluding tert-OH is 17. The van der Waals surface area contributed by atoms with Crippen LogP contribution in [0.25, 0.3) is 0 Å². The number of allylic oxidation sites excluding steroid dienone is 2. The minimum absolute atomic E-state index is 0.119. The van der Waals surface area contributed by atoms with Crippen molar-refractivity contribution in [3.05, 3.63) is 11.6 Å². The first-order chi connectivity index (χ1) is 44.1. The highest BCUT2D eigenvalue weighted by Crippen LogP contribution is 2.76. The molecule has 17 N–H and O–H groups in total. The summed E-state index contributed by atoms with van der Waals surface area (Å²) in [6.45, 7) is 14.3. The summed E-state index contributed by atoms with van der Waals surface area (Å²) in [4.78, 5) is 15.2. The van der Waals surface area contributed by atoms with Crippen LogP contribution in [0.4, 0.5) is 0 Å². The molecule has 0 aromatic carbocycles. The number of carbonyl (C=O) groups excluding carboxylic acids is 1. The largest absolute Gasteiger partial charge is 0.432 e. The summed E-state index contributed by atoms with van der Waals surface area (Å²) >= 11 is 0. The zero-order valence-corrected chi connectivity index (χ0v) is 54.6. The van der Waals surface area contributed by atoms with E-state index in [0.717, 1.165) is 25.7 Å². The van der Waals surface area contributed by atoms with Crippen molar-refractivity contribution in [2.75, 3.05) is 33.0 Å². The van der Waals surface area contributed by atoms with Gasteiger partial charge < -0.3 is 144 Å². The van der Waals surface area contributed by atoms with Crippen LogP contribution in [0.15, 0.2) is 11.6 Å². The fourth-order valence-electron chi connectivity index (χ4n) is 18.9. The molecular formula is C64H104O30. The Balaban J connectivity index is 0.736. The van der Waals surface area contributed by atoms with Crippen molar-refractivity contribution < 1.29 is 148 Å². The topological polar surface area (TPSA) is 472 Å². The molecule has 4 saturated carbocycles. The van der Waals surface area contributed by atoms with Crippen LogP contribution >= 0.6 is 0 Å². The standard InChI is InChI=1S/C64H104O30/c1-25-49(91-57-48(81)51(39(72)30(21-66)87-57)93-55-45(78)40(73)37(70)29(20-65)86-55)41(74)46(79)54(85-25)90-35-12-13-61(6)33(60(35,4)5)11-14-63(8)34(61)10-9-26-27-19-59(2,3)15-17-64(27,18-16-62(26,63)7)58(82)94-56-47(80)42(75)50(31(22-67)88-56)92-53-44(77)38(71)32(24-84-53)89-52-43(76)36(69)28(68)23-83-52/h9,25,27-57,65-81H,10-24H2,1-8H3. The van der Waals surface area contributed by atoms with Gasteiger partial charge in [0.25, 0.3) is 0 Å². The summed E-state index contributed by atoms with van der Waals surface area (Å²) in [6.07, 6.45) is -36.9. The second-order valence-corrected chi connectivity index (χ2v) is 31.0. The lowest BCUT2D eigenvalue weighted by Gasteiger charge is -2.71. The number of hydrogen-bond acceptors (Lipinski definition) is 30. The molecule has 6 saturated heterocycles. The van der Waals surface area contributed by atoms with Gasteiger partial charge in [-0.2, -0.15) is 0 Å². The summed E-state index contributed by atoms with van der Waals surface area (Å²) in [6, 6.07) is 0. The minimum atomic E-state index is -1.90. The Kier molecular flexibility index (Phi) is 21.4. The Hall–Kier alpha value is -1.91. The Morgan fingerprint density at radius 3 is 1.71 bits per heavy atom. The molecule has 0 amide bonds. The third-order valence-corrected chi connectivity index (χ3v) is 24.8. The monoisotopic (exact) mass is 1350 g/mol. The number of hydrogen-bond donors (Lipinski definition) is 17. The summed E-state index contributed by atoms with van der Waals surface area (Å²) < 4.78 is 70.7. The second kappa shape index (κ2) is 27.5. The van der Waals surface area contributed by atoms with Crippen LogP contribution in [0, 0.1) is 50.2 Å². The molecule has 36 atom stereocenters. The number of rotatable bonds is 15. The molecular weight excluding hydrogens is 1250 g/mol. The van der Waals surface area contributed by atoms with Gasteiger partial charge in [0.1, 0.15) is 128 Å². The molecule has 0 aromatic rings. The van der Waals surface area contributed by atoms with E-state index in [2.05, 4.69) is 54.5 Å². The van der Waals surface area contributed by atoms with Gasteiger partial charge in [0.15, 0.2) is 31.5 Å². The van der Waals surface area contributed by atoms with Crippen molar-refractivity contribution in [1.29, 1.82) is 0 Å². The minimum Gasteiger partial charge on any atom is -0.432 e. The SMILES string of the molecule is CC1OC(OC2CCC3(C)C(CCC4(C)C3CC=C3C5CC(C)(C)CCC5(C(=O)OC5OC(CO)C(OC6OCC(OC7OCC(O)C(O)C7O)C(O)C6O)C(O)C5O)CCC34C)C2(C)C)C(O)C(O)C1OC1OC(CO)C(O)C(OC2OC(CO)C(O)C(O)C2O)C1O. The lowest BCUT2D eigenvalue weighted by atomic mass is 9.33. The molecule has 11 rings (SSSR count). The van der Waals surface area contributed by atoms with E-state index in [0.29, 0.717) is 38.5 Å². The van der Waals surface area contributed by atoms with E-state index in [4.69, 9.17) is 56.8 Å². The summed E-state index contributed by atoms with van der Waals surface area (Å²) in [5.41, 5.74) is -1.31. The van der Waals surface area contributed by atoms with E-state index in [9.17, 15) is 86.8 Å². The van der Waals surface area contributed by atoms with Gasteiger partial charge in [-0.05, 0) is 116 Å². The highest BCUT2D eigenvalue weighted by molar-refractivity contribution is 5.79. The van der Waals surface area contributed by atoms with E-state index < -0.39 is 221 Å².